The third-order valence-electron chi connectivity index (χ3n) is 3.97. The van der Waals surface area contributed by atoms with Crippen LogP contribution in [0.15, 0.2) is 40.8 Å². The van der Waals surface area contributed by atoms with Gasteiger partial charge < -0.3 is 10.6 Å². The molecule has 0 amide bonds. The Morgan fingerprint density at radius 3 is 2.87 bits per heavy atom. The van der Waals surface area contributed by atoms with E-state index < -0.39 is 12.2 Å². The van der Waals surface area contributed by atoms with Gasteiger partial charge in [0.25, 0.3) is 0 Å². The van der Waals surface area contributed by atoms with Gasteiger partial charge in [0.05, 0.1) is 18.0 Å². The van der Waals surface area contributed by atoms with Crippen LogP contribution in [0.4, 0.5) is 10.2 Å². The van der Waals surface area contributed by atoms with Gasteiger partial charge in [0, 0.05) is 30.4 Å². The molecule has 3 aromatic heterocycles. The van der Waals surface area contributed by atoms with Crippen LogP contribution in [0, 0.1) is 0 Å². The van der Waals surface area contributed by atoms with Crippen LogP contribution in [-0.4, -0.2) is 39.8 Å². The van der Waals surface area contributed by atoms with E-state index >= 15 is 0 Å². The number of nitrogens with zero attached hydrogens (tertiary/aromatic N) is 4. The van der Waals surface area contributed by atoms with Crippen LogP contribution in [0.3, 0.4) is 0 Å². The molecule has 0 radical (unpaired) electrons. The Morgan fingerprint density at radius 1 is 1.30 bits per heavy atom. The normalized spacial score (nSPS) is 21.2. The molecule has 118 valence electrons. The van der Waals surface area contributed by atoms with Gasteiger partial charge in [0.1, 0.15) is 12.0 Å². The zero-order valence-corrected chi connectivity index (χ0v) is 12.9. The minimum Gasteiger partial charge on any atom is -0.352 e. The summed E-state index contributed by atoms with van der Waals surface area (Å²) in [6.07, 6.45) is 2.29. The standard InChI is InChI=1S/C15H14FN5OS/c16-10-7-20(8-11(10)17)13-2-1-9-12(22)3-5-21(14(9)19-13)15-18-4-6-23-15/h1-6,10-11H,7-8,17H2. The Labute approximate surface area is 135 Å². The lowest BCUT2D eigenvalue weighted by Gasteiger charge is -2.17. The molecule has 2 N–H and O–H groups in total. The van der Waals surface area contributed by atoms with Gasteiger partial charge in [-0.25, -0.2) is 14.4 Å². The van der Waals surface area contributed by atoms with Crippen molar-refractivity contribution in [1.82, 2.24) is 14.5 Å². The number of anilines is 1. The van der Waals surface area contributed by atoms with Gasteiger partial charge in [-0.3, -0.25) is 9.36 Å². The number of alkyl halides is 1. The fraction of sp³-hybridized carbons (Fsp3) is 0.267. The van der Waals surface area contributed by atoms with Crippen LogP contribution in [0.2, 0.25) is 0 Å². The maximum Gasteiger partial charge on any atom is 0.195 e. The largest absolute Gasteiger partial charge is 0.352 e. The molecule has 1 aliphatic heterocycles. The molecule has 4 rings (SSSR count). The quantitative estimate of drug-likeness (QED) is 0.766. The van der Waals surface area contributed by atoms with Gasteiger partial charge in [-0.15, -0.1) is 11.3 Å². The van der Waals surface area contributed by atoms with Crippen molar-refractivity contribution in [2.24, 2.45) is 5.73 Å². The fourth-order valence-corrected chi connectivity index (χ4v) is 3.38. The first kappa shape index (κ1) is 14.3. The summed E-state index contributed by atoms with van der Waals surface area (Å²) in [7, 11) is 0. The minimum absolute atomic E-state index is 0.103. The molecule has 0 spiro atoms. The van der Waals surface area contributed by atoms with E-state index in [0.29, 0.717) is 23.4 Å². The van der Waals surface area contributed by atoms with Gasteiger partial charge in [-0.2, -0.15) is 0 Å². The zero-order valence-electron chi connectivity index (χ0n) is 12.1. The molecular formula is C15H14FN5OS. The first-order valence-corrected chi connectivity index (χ1v) is 8.08. The molecule has 1 aliphatic rings. The Morgan fingerprint density at radius 2 is 2.17 bits per heavy atom. The summed E-state index contributed by atoms with van der Waals surface area (Å²) in [5.74, 6) is 0.615. The summed E-state index contributed by atoms with van der Waals surface area (Å²) in [5, 5.41) is 3.09. The van der Waals surface area contributed by atoms with Gasteiger partial charge in [0.2, 0.25) is 0 Å². The smallest absolute Gasteiger partial charge is 0.195 e. The molecule has 3 aromatic rings. The van der Waals surface area contributed by atoms with Crippen molar-refractivity contribution in [2.75, 3.05) is 18.0 Å². The maximum absolute atomic E-state index is 13.7. The molecule has 1 fully saturated rings. The highest BCUT2D eigenvalue weighted by Gasteiger charge is 2.30. The van der Waals surface area contributed by atoms with Crippen LogP contribution in [-0.2, 0) is 0 Å². The van der Waals surface area contributed by atoms with E-state index in [2.05, 4.69) is 9.97 Å². The van der Waals surface area contributed by atoms with E-state index in [1.807, 2.05) is 5.38 Å². The van der Waals surface area contributed by atoms with E-state index in [1.165, 1.54) is 17.4 Å². The number of hydrogen-bond acceptors (Lipinski definition) is 6. The highest BCUT2D eigenvalue weighted by Crippen LogP contribution is 2.23. The number of thiazole rings is 1. The zero-order chi connectivity index (χ0) is 16.0. The molecule has 0 bridgehead atoms. The lowest BCUT2D eigenvalue weighted by Crippen LogP contribution is -2.30. The van der Waals surface area contributed by atoms with Crippen molar-refractivity contribution in [1.29, 1.82) is 0 Å². The molecule has 1 saturated heterocycles. The van der Waals surface area contributed by atoms with Crippen LogP contribution < -0.4 is 16.1 Å². The maximum atomic E-state index is 13.7. The van der Waals surface area contributed by atoms with Crippen LogP contribution >= 0.6 is 11.3 Å². The molecule has 6 nitrogen and oxygen atoms in total. The second kappa shape index (κ2) is 5.39. The summed E-state index contributed by atoms with van der Waals surface area (Å²) in [6, 6.07) is 4.44. The van der Waals surface area contributed by atoms with Gasteiger partial charge in [-0.1, -0.05) is 0 Å². The Kier molecular flexibility index (Phi) is 3.35. The van der Waals surface area contributed by atoms with Gasteiger partial charge in [-0.05, 0) is 12.1 Å². The second-order valence-corrected chi connectivity index (χ2v) is 6.36. The Bertz CT molecular complexity index is 900. The van der Waals surface area contributed by atoms with E-state index in [-0.39, 0.29) is 12.0 Å². The number of aromatic nitrogens is 3. The van der Waals surface area contributed by atoms with E-state index in [0.717, 1.165) is 5.13 Å². The highest BCUT2D eigenvalue weighted by atomic mass is 32.1. The summed E-state index contributed by atoms with van der Waals surface area (Å²) in [6.45, 7) is 0.627. The lowest BCUT2D eigenvalue weighted by molar-refractivity contribution is 0.333. The first-order valence-electron chi connectivity index (χ1n) is 7.20. The summed E-state index contributed by atoms with van der Waals surface area (Å²) < 4.78 is 15.4. The molecule has 8 heteroatoms. The SMILES string of the molecule is NC1CN(c2ccc3c(=O)ccn(-c4nccs4)c3n2)CC1F. The number of halogens is 1. The first-order chi connectivity index (χ1) is 11.1. The van der Waals surface area contributed by atoms with E-state index in [9.17, 15) is 9.18 Å². The average molecular weight is 331 g/mol. The lowest BCUT2D eigenvalue weighted by atomic mass is 10.2. The number of nitrogens with two attached hydrogens (primary N) is 1. The molecule has 2 atom stereocenters. The molecule has 4 heterocycles. The monoisotopic (exact) mass is 331 g/mol. The third-order valence-corrected chi connectivity index (χ3v) is 4.74. The molecule has 0 aromatic carbocycles. The van der Waals surface area contributed by atoms with Crippen LogP contribution in [0.5, 0.6) is 0 Å². The van der Waals surface area contributed by atoms with Crippen molar-refractivity contribution in [3.63, 3.8) is 0 Å². The van der Waals surface area contributed by atoms with Crippen molar-refractivity contribution in [3.8, 4) is 5.13 Å². The third kappa shape index (κ3) is 2.40. The van der Waals surface area contributed by atoms with Gasteiger partial charge >= 0.3 is 0 Å². The predicted octanol–water partition coefficient (Wildman–Crippen LogP) is 1.33. The average Bonchev–Trinajstić information content (AvgIpc) is 3.18. The molecule has 23 heavy (non-hydrogen) atoms. The van der Waals surface area contributed by atoms with Crippen molar-refractivity contribution in [2.45, 2.75) is 12.2 Å². The molecule has 2 unspecified atom stereocenters. The predicted molar refractivity (Wildman–Crippen MR) is 88.1 cm³/mol. The van der Waals surface area contributed by atoms with Crippen molar-refractivity contribution in [3.05, 3.63) is 46.2 Å². The fourth-order valence-electron chi connectivity index (χ4n) is 2.76. The summed E-state index contributed by atoms with van der Waals surface area (Å²) in [4.78, 5) is 22.7. The number of pyridine rings is 2. The topological polar surface area (TPSA) is 77.0 Å². The van der Waals surface area contributed by atoms with E-state index in [1.54, 1.807) is 34.0 Å². The number of fused-ring (bicyclic) bond motifs is 1. The Hall–Kier alpha value is -2.32. The highest BCUT2D eigenvalue weighted by molar-refractivity contribution is 7.12. The van der Waals surface area contributed by atoms with Gasteiger partial charge in [0.15, 0.2) is 16.2 Å². The molecule has 0 aliphatic carbocycles. The second-order valence-electron chi connectivity index (χ2n) is 5.49. The summed E-state index contributed by atoms with van der Waals surface area (Å²) >= 11 is 1.45. The van der Waals surface area contributed by atoms with E-state index in [4.69, 9.17) is 5.73 Å². The summed E-state index contributed by atoms with van der Waals surface area (Å²) in [5.41, 5.74) is 6.15. The number of rotatable bonds is 2. The van der Waals surface area contributed by atoms with Crippen LogP contribution in [0.1, 0.15) is 0 Å². The van der Waals surface area contributed by atoms with Crippen LogP contribution in [0.25, 0.3) is 16.2 Å². The minimum atomic E-state index is -1.07. The molecular weight excluding hydrogens is 317 g/mol. The van der Waals surface area contributed by atoms with Crippen molar-refractivity contribution >= 4 is 28.2 Å². The Balaban J connectivity index is 1.87. The number of hydrogen-bond donors (Lipinski definition) is 1. The van der Waals surface area contributed by atoms with Crippen molar-refractivity contribution < 1.29 is 4.39 Å². The molecule has 0 saturated carbocycles.